The van der Waals surface area contributed by atoms with Crippen molar-refractivity contribution in [2.24, 2.45) is 11.8 Å². The molecule has 0 amide bonds. The van der Waals surface area contributed by atoms with Gasteiger partial charge in [0.25, 0.3) is 0 Å². The largest absolute Gasteiger partial charge is 0.367 e. The van der Waals surface area contributed by atoms with Gasteiger partial charge in [-0.1, -0.05) is 13.8 Å². The van der Waals surface area contributed by atoms with Gasteiger partial charge in [-0.05, 0) is 55.7 Å². The van der Waals surface area contributed by atoms with E-state index in [1.807, 2.05) is 12.1 Å². The molecule has 1 aliphatic carbocycles. The highest BCUT2D eigenvalue weighted by Gasteiger charge is 2.23. The molecular formula is C18H22N4. The summed E-state index contributed by atoms with van der Waals surface area (Å²) in [6, 6.07) is 8.21. The highest BCUT2D eigenvalue weighted by molar-refractivity contribution is 5.89. The monoisotopic (exact) mass is 294 g/mol. The van der Waals surface area contributed by atoms with Crippen LogP contribution in [0.3, 0.4) is 0 Å². The van der Waals surface area contributed by atoms with Crippen LogP contribution in [-0.2, 0) is 0 Å². The molecule has 0 aliphatic heterocycles. The van der Waals surface area contributed by atoms with Crippen LogP contribution < -0.4 is 5.32 Å². The van der Waals surface area contributed by atoms with Crippen LogP contribution in [0.5, 0.6) is 0 Å². The molecule has 1 saturated carbocycles. The third-order valence-electron chi connectivity index (χ3n) is 4.82. The first-order valence-corrected chi connectivity index (χ1v) is 8.08. The van der Waals surface area contributed by atoms with Crippen LogP contribution in [0.2, 0.25) is 0 Å². The molecule has 114 valence electrons. The van der Waals surface area contributed by atoms with Crippen molar-refractivity contribution in [1.29, 1.82) is 5.26 Å². The van der Waals surface area contributed by atoms with Gasteiger partial charge in [-0.15, -0.1) is 0 Å². The average Bonchev–Trinajstić information content (AvgIpc) is 2.55. The average molecular weight is 294 g/mol. The second kappa shape index (κ2) is 6.31. The van der Waals surface area contributed by atoms with Gasteiger partial charge < -0.3 is 5.32 Å². The molecule has 4 nitrogen and oxygen atoms in total. The van der Waals surface area contributed by atoms with Crippen molar-refractivity contribution in [3.63, 3.8) is 0 Å². The molecule has 3 rings (SSSR count). The second-order valence-corrected chi connectivity index (χ2v) is 6.57. The Kier molecular flexibility index (Phi) is 4.24. The molecule has 0 saturated heterocycles. The predicted octanol–water partition coefficient (Wildman–Crippen LogP) is 4.13. The van der Waals surface area contributed by atoms with Crippen LogP contribution in [0.1, 0.15) is 45.1 Å². The summed E-state index contributed by atoms with van der Waals surface area (Å²) < 4.78 is 0. The van der Waals surface area contributed by atoms with Crippen LogP contribution in [0.15, 0.2) is 24.5 Å². The SMILES string of the molecule is CC(C)[C@H]1CC[C@@H](Nc2ncnc3ccc(C#N)cc23)CC1. The summed E-state index contributed by atoms with van der Waals surface area (Å²) in [5.41, 5.74) is 1.53. The minimum absolute atomic E-state index is 0.471. The summed E-state index contributed by atoms with van der Waals surface area (Å²) in [7, 11) is 0. The molecule has 22 heavy (non-hydrogen) atoms. The van der Waals surface area contributed by atoms with Gasteiger partial charge in [0, 0.05) is 11.4 Å². The van der Waals surface area contributed by atoms with E-state index in [-0.39, 0.29) is 0 Å². The van der Waals surface area contributed by atoms with E-state index in [0.717, 1.165) is 28.6 Å². The molecule has 2 aromatic rings. The van der Waals surface area contributed by atoms with Crippen molar-refractivity contribution in [3.8, 4) is 6.07 Å². The highest BCUT2D eigenvalue weighted by atomic mass is 15.0. The fourth-order valence-electron chi connectivity index (χ4n) is 3.36. The van der Waals surface area contributed by atoms with E-state index in [2.05, 4.69) is 35.2 Å². The lowest BCUT2D eigenvalue weighted by atomic mass is 9.80. The lowest BCUT2D eigenvalue weighted by molar-refractivity contribution is 0.267. The fourth-order valence-corrected chi connectivity index (χ4v) is 3.36. The van der Waals surface area contributed by atoms with Gasteiger partial charge in [0.05, 0.1) is 17.1 Å². The topological polar surface area (TPSA) is 61.6 Å². The van der Waals surface area contributed by atoms with Crippen molar-refractivity contribution in [1.82, 2.24) is 9.97 Å². The summed E-state index contributed by atoms with van der Waals surface area (Å²) in [5.74, 6) is 2.49. The molecule has 0 atom stereocenters. The van der Waals surface area contributed by atoms with Crippen LogP contribution in [-0.4, -0.2) is 16.0 Å². The van der Waals surface area contributed by atoms with Crippen LogP contribution in [0.25, 0.3) is 10.9 Å². The Morgan fingerprint density at radius 3 is 2.64 bits per heavy atom. The van der Waals surface area contributed by atoms with Gasteiger partial charge in [0.2, 0.25) is 0 Å². The van der Waals surface area contributed by atoms with Crippen molar-refractivity contribution >= 4 is 16.7 Å². The molecule has 0 spiro atoms. The number of hydrogen-bond acceptors (Lipinski definition) is 4. The molecule has 1 N–H and O–H groups in total. The molecule has 0 bridgehead atoms. The maximum atomic E-state index is 9.08. The summed E-state index contributed by atoms with van der Waals surface area (Å²) in [4.78, 5) is 8.68. The molecule has 1 heterocycles. The molecule has 4 heteroatoms. The van der Waals surface area contributed by atoms with Gasteiger partial charge in [-0.2, -0.15) is 5.26 Å². The molecule has 0 radical (unpaired) electrons. The number of fused-ring (bicyclic) bond motifs is 1. The molecule has 0 unspecified atom stereocenters. The van der Waals surface area contributed by atoms with E-state index in [4.69, 9.17) is 5.26 Å². The molecular weight excluding hydrogens is 272 g/mol. The second-order valence-electron chi connectivity index (χ2n) is 6.57. The number of anilines is 1. The maximum Gasteiger partial charge on any atom is 0.137 e. The van der Waals surface area contributed by atoms with E-state index in [0.29, 0.717) is 11.6 Å². The van der Waals surface area contributed by atoms with Gasteiger partial charge in [0.1, 0.15) is 12.1 Å². The van der Waals surface area contributed by atoms with Crippen LogP contribution >= 0.6 is 0 Å². The minimum Gasteiger partial charge on any atom is -0.367 e. The van der Waals surface area contributed by atoms with E-state index in [9.17, 15) is 0 Å². The van der Waals surface area contributed by atoms with E-state index >= 15 is 0 Å². The summed E-state index contributed by atoms with van der Waals surface area (Å²) in [5, 5.41) is 13.6. The van der Waals surface area contributed by atoms with Gasteiger partial charge in [-0.25, -0.2) is 9.97 Å². The minimum atomic E-state index is 0.471. The zero-order valence-electron chi connectivity index (χ0n) is 13.2. The molecule has 1 aliphatic rings. The number of hydrogen-bond donors (Lipinski definition) is 1. The Hall–Kier alpha value is -2.15. The van der Waals surface area contributed by atoms with Crippen molar-refractivity contribution < 1.29 is 0 Å². The number of aromatic nitrogens is 2. The predicted molar refractivity (Wildman–Crippen MR) is 88.5 cm³/mol. The molecule has 1 fully saturated rings. The quantitative estimate of drug-likeness (QED) is 0.924. The van der Waals surface area contributed by atoms with Gasteiger partial charge >= 0.3 is 0 Å². The number of nitriles is 1. The lowest BCUT2D eigenvalue weighted by Crippen LogP contribution is -2.28. The zero-order valence-corrected chi connectivity index (χ0v) is 13.2. The summed E-state index contributed by atoms with van der Waals surface area (Å²) in [6.07, 6.45) is 6.53. The van der Waals surface area contributed by atoms with Gasteiger partial charge in [-0.3, -0.25) is 0 Å². The Morgan fingerprint density at radius 2 is 1.95 bits per heavy atom. The Bertz CT molecular complexity index is 694. The number of nitrogens with zero attached hydrogens (tertiary/aromatic N) is 3. The maximum absolute atomic E-state index is 9.08. The third kappa shape index (κ3) is 3.04. The van der Waals surface area contributed by atoms with Crippen molar-refractivity contribution in [2.45, 2.75) is 45.6 Å². The van der Waals surface area contributed by atoms with Crippen LogP contribution in [0.4, 0.5) is 5.82 Å². The first-order chi connectivity index (χ1) is 10.7. The molecule has 1 aromatic heterocycles. The normalized spacial score (nSPS) is 21.7. The first-order valence-electron chi connectivity index (χ1n) is 8.08. The summed E-state index contributed by atoms with van der Waals surface area (Å²) in [6.45, 7) is 4.64. The van der Waals surface area contributed by atoms with E-state index in [1.165, 1.54) is 25.7 Å². The third-order valence-corrected chi connectivity index (χ3v) is 4.82. The van der Waals surface area contributed by atoms with Crippen LogP contribution in [0, 0.1) is 23.2 Å². The smallest absolute Gasteiger partial charge is 0.137 e. The Labute approximate surface area is 131 Å². The standard InChI is InChI=1S/C18H22N4/c1-12(2)14-4-6-15(7-5-14)22-18-16-9-13(10-19)3-8-17(16)20-11-21-18/h3,8-9,11-12,14-15H,4-7H2,1-2H3,(H,20,21,22)/t14-,15+. The number of benzene rings is 1. The lowest BCUT2D eigenvalue weighted by Gasteiger charge is -2.31. The van der Waals surface area contributed by atoms with Crippen molar-refractivity contribution in [3.05, 3.63) is 30.1 Å². The zero-order chi connectivity index (χ0) is 15.5. The van der Waals surface area contributed by atoms with Gasteiger partial charge in [0.15, 0.2) is 0 Å². The Balaban J connectivity index is 1.78. The van der Waals surface area contributed by atoms with E-state index < -0.39 is 0 Å². The Morgan fingerprint density at radius 1 is 1.18 bits per heavy atom. The number of rotatable bonds is 3. The molecule has 1 aromatic carbocycles. The number of nitrogens with one attached hydrogen (secondary N) is 1. The fraction of sp³-hybridized carbons (Fsp3) is 0.500. The van der Waals surface area contributed by atoms with E-state index in [1.54, 1.807) is 12.4 Å². The summed E-state index contributed by atoms with van der Waals surface area (Å²) >= 11 is 0. The highest BCUT2D eigenvalue weighted by Crippen LogP contribution is 2.32. The van der Waals surface area contributed by atoms with Crippen molar-refractivity contribution in [2.75, 3.05) is 5.32 Å². The first kappa shape index (κ1) is 14.8.